The highest BCUT2D eigenvalue weighted by molar-refractivity contribution is 5.96. The molecule has 0 fully saturated rings. The summed E-state index contributed by atoms with van der Waals surface area (Å²) in [5, 5.41) is 10.8. The Balaban J connectivity index is 2.73. The van der Waals surface area contributed by atoms with Gasteiger partial charge in [-0.05, 0) is 25.1 Å². The van der Waals surface area contributed by atoms with Crippen molar-refractivity contribution in [3.63, 3.8) is 0 Å². The summed E-state index contributed by atoms with van der Waals surface area (Å²) in [6, 6.07) is 4.05. The summed E-state index contributed by atoms with van der Waals surface area (Å²) in [7, 11) is 0. The maximum absolute atomic E-state index is 12.7. The number of carbonyl (C=O) groups excluding carboxylic acids is 1. The number of hydrogen-bond acceptors (Lipinski definition) is 2. The van der Waals surface area contributed by atoms with Gasteiger partial charge in [-0.2, -0.15) is 0 Å². The normalized spacial score (nSPS) is 11.9. The highest BCUT2D eigenvalue weighted by Crippen LogP contribution is 2.03. The molecule has 1 atom stereocenters. The molecule has 1 rings (SSSR count). The molecule has 5 heteroatoms. The van der Waals surface area contributed by atoms with Gasteiger partial charge in [0.2, 0.25) is 0 Å². The smallest absolute Gasteiger partial charge is 0.325 e. The quantitative estimate of drug-likeness (QED) is 0.784. The average Bonchev–Trinajstić information content (AvgIpc) is 2.17. The second-order valence-electron chi connectivity index (χ2n) is 3.04. The Morgan fingerprint density at radius 3 is 2.67 bits per heavy atom. The summed E-state index contributed by atoms with van der Waals surface area (Å²) >= 11 is 0. The molecule has 0 aliphatic heterocycles. The monoisotopic (exact) mass is 211 g/mol. The zero-order valence-corrected chi connectivity index (χ0v) is 8.03. The first kappa shape index (κ1) is 11.2. The molecule has 0 bridgehead atoms. The number of rotatable bonds is 3. The molecular weight excluding hydrogens is 201 g/mol. The number of amides is 1. The van der Waals surface area contributed by atoms with Crippen molar-refractivity contribution in [3.05, 3.63) is 35.6 Å². The Morgan fingerprint density at radius 2 is 2.13 bits per heavy atom. The van der Waals surface area contributed by atoms with Crippen LogP contribution in [0.1, 0.15) is 17.3 Å². The minimum Gasteiger partial charge on any atom is -0.480 e. The van der Waals surface area contributed by atoms with E-state index in [2.05, 4.69) is 5.32 Å². The van der Waals surface area contributed by atoms with Crippen LogP contribution in [-0.4, -0.2) is 23.0 Å². The van der Waals surface area contributed by atoms with E-state index in [1.54, 1.807) is 0 Å². The molecule has 0 spiro atoms. The molecule has 1 aromatic rings. The third-order valence-electron chi connectivity index (χ3n) is 1.80. The van der Waals surface area contributed by atoms with Crippen molar-refractivity contribution in [2.24, 2.45) is 0 Å². The summed E-state index contributed by atoms with van der Waals surface area (Å²) in [5.41, 5.74) is 0.100. The lowest BCUT2D eigenvalue weighted by Crippen LogP contribution is -2.38. The number of aliphatic carboxylic acids is 1. The minimum absolute atomic E-state index is 0.100. The highest BCUT2D eigenvalue weighted by Gasteiger charge is 2.15. The summed E-state index contributed by atoms with van der Waals surface area (Å²) in [6.07, 6.45) is 0. The molecule has 0 aliphatic carbocycles. The van der Waals surface area contributed by atoms with E-state index in [0.717, 1.165) is 6.07 Å². The number of benzene rings is 1. The van der Waals surface area contributed by atoms with E-state index in [1.807, 2.05) is 0 Å². The van der Waals surface area contributed by atoms with Crippen LogP contribution in [0.4, 0.5) is 4.39 Å². The van der Waals surface area contributed by atoms with E-state index in [1.165, 1.54) is 25.1 Å². The average molecular weight is 211 g/mol. The van der Waals surface area contributed by atoms with E-state index in [4.69, 9.17) is 5.11 Å². The molecule has 15 heavy (non-hydrogen) atoms. The molecule has 0 aromatic heterocycles. The highest BCUT2D eigenvalue weighted by atomic mass is 19.1. The molecule has 2 N–H and O–H groups in total. The van der Waals surface area contributed by atoms with Crippen molar-refractivity contribution < 1.29 is 19.1 Å². The van der Waals surface area contributed by atoms with Crippen molar-refractivity contribution in [1.82, 2.24) is 5.32 Å². The summed E-state index contributed by atoms with van der Waals surface area (Å²) in [5.74, 6) is -2.28. The van der Waals surface area contributed by atoms with Gasteiger partial charge in [0.05, 0.1) is 0 Å². The third kappa shape index (κ3) is 3.05. The molecule has 80 valence electrons. The zero-order chi connectivity index (χ0) is 11.4. The van der Waals surface area contributed by atoms with Gasteiger partial charge in [-0.1, -0.05) is 6.07 Å². The van der Waals surface area contributed by atoms with E-state index in [9.17, 15) is 14.0 Å². The molecule has 0 heterocycles. The number of hydrogen-bond donors (Lipinski definition) is 2. The predicted molar refractivity (Wildman–Crippen MR) is 51.0 cm³/mol. The van der Waals surface area contributed by atoms with Crippen molar-refractivity contribution in [2.45, 2.75) is 13.0 Å². The van der Waals surface area contributed by atoms with Crippen molar-refractivity contribution in [1.29, 1.82) is 0 Å². The Labute approximate surface area is 85.7 Å². The number of carbonyl (C=O) groups is 2. The Morgan fingerprint density at radius 1 is 1.47 bits per heavy atom. The van der Waals surface area contributed by atoms with Crippen molar-refractivity contribution >= 4 is 11.9 Å². The lowest BCUT2D eigenvalue weighted by atomic mass is 10.2. The topological polar surface area (TPSA) is 66.4 Å². The van der Waals surface area contributed by atoms with E-state index < -0.39 is 23.7 Å². The van der Waals surface area contributed by atoms with Crippen molar-refractivity contribution in [3.8, 4) is 0 Å². The van der Waals surface area contributed by atoms with Gasteiger partial charge < -0.3 is 10.4 Å². The van der Waals surface area contributed by atoms with Gasteiger partial charge in [-0.3, -0.25) is 9.59 Å². The maximum Gasteiger partial charge on any atom is 0.325 e. The number of carboxylic acids is 1. The number of halogens is 1. The fourth-order valence-corrected chi connectivity index (χ4v) is 0.971. The second kappa shape index (κ2) is 4.54. The molecule has 0 saturated heterocycles. The van der Waals surface area contributed by atoms with Gasteiger partial charge in [0.15, 0.2) is 0 Å². The first-order valence-corrected chi connectivity index (χ1v) is 4.30. The second-order valence-corrected chi connectivity index (χ2v) is 3.04. The minimum atomic E-state index is -1.14. The summed E-state index contributed by atoms with van der Waals surface area (Å²) in [4.78, 5) is 21.8. The lowest BCUT2D eigenvalue weighted by molar-refractivity contribution is -0.138. The Kier molecular flexibility index (Phi) is 3.38. The first-order valence-electron chi connectivity index (χ1n) is 4.30. The van der Waals surface area contributed by atoms with Crippen LogP contribution in [0, 0.1) is 5.82 Å². The van der Waals surface area contributed by atoms with Gasteiger partial charge in [0.25, 0.3) is 5.91 Å². The number of carboxylic acid groups (broad SMARTS) is 1. The van der Waals surface area contributed by atoms with Crippen LogP contribution in [-0.2, 0) is 4.79 Å². The van der Waals surface area contributed by atoms with Gasteiger partial charge in [0, 0.05) is 5.56 Å². The van der Waals surface area contributed by atoms with Gasteiger partial charge >= 0.3 is 5.97 Å². The predicted octanol–water partition coefficient (Wildman–Crippen LogP) is 1.03. The largest absolute Gasteiger partial charge is 0.480 e. The molecule has 4 nitrogen and oxygen atoms in total. The van der Waals surface area contributed by atoms with Crippen LogP contribution in [0.2, 0.25) is 0 Å². The molecule has 1 unspecified atom stereocenters. The Bertz CT molecular complexity index is 392. The van der Waals surface area contributed by atoms with Gasteiger partial charge in [0.1, 0.15) is 11.9 Å². The van der Waals surface area contributed by atoms with Crippen LogP contribution in [0.25, 0.3) is 0 Å². The van der Waals surface area contributed by atoms with E-state index in [-0.39, 0.29) is 5.56 Å². The van der Waals surface area contributed by atoms with E-state index in [0.29, 0.717) is 0 Å². The molecule has 0 saturated carbocycles. The lowest BCUT2D eigenvalue weighted by Gasteiger charge is -2.08. The fraction of sp³-hybridized carbons (Fsp3) is 0.200. The standard InChI is InChI=1S/C10H10FNO3/c1-6(10(14)15)12-9(13)7-3-2-4-8(11)5-7/h2-6H,1H3,(H,12,13)(H,14,15). The summed E-state index contributed by atoms with van der Waals surface area (Å²) < 4.78 is 12.7. The van der Waals surface area contributed by atoms with Crippen LogP contribution < -0.4 is 5.32 Å². The maximum atomic E-state index is 12.7. The zero-order valence-electron chi connectivity index (χ0n) is 8.03. The van der Waals surface area contributed by atoms with Crippen LogP contribution in [0.5, 0.6) is 0 Å². The molecular formula is C10H10FNO3. The summed E-state index contributed by atoms with van der Waals surface area (Å²) in [6.45, 7) is 1.33. The molecule has 0 radical (unpaired) electrons. The fourth-order valence-electron chi connectivity index (χ4n) is 0.971. The number of nitrogens with one attached hydrogen (secondary N) is 1. The van der Waals surface area contributed by atoms with E-state index >= 15 is 0 Å². The molecule has 1 aromatic carbocycles. The van der Waals surface area contributed by atoms with Gasteiger partial charge in [-0.25, -0.2) is 4.39 Å². The Hall–Kier alpha value is -1.91. The van der Waals surface area contributed by atoms with Crippen LogP contribution >= 0.6 is 0 Å². The van der Waals surface area contributed by atoms with Crippen LogP contribution in [0.3, 0.4) is 0 Å². The van der Waals surface area contributed by atoms with Gasteiger partial charge in [-0.15, -0.1) is 0 Å². The van der Waals surface area contributed by atoms with Crippen molar-refractivity contribution in [2.75, 3.05) is 0 Å². The molecule has 1 amide bonds. The molecule has 0 aliphatic rings. The SMILES string of the molecule is CC(NC(=O)c1cccc(F)c1)C(=O)O. The van der Waals surface area contributed by atoms with Crippen LogP contribution in [0.15, 0.2) is 24.3 Å². The first-order chi connectivity index (χ1) is 7.00. The third-order valence-corrected chi connectivity index (χ3v) is 1.80.